The molecule has 0 atom stereocenters. The van der Waals surface area contributed by atoms with Gasteiger partial charge >= 0.3 is 0 Å². The second-order valence-corrected chi connectivity index (χ2v) is 6.86. The maximum atomic E-state index is 12.6. The van der Waals surface area contributed by atoms with Crippen molar-refractivity contribution >= 4 is 28.5 Å². The molecule has 0 spiro atoms. The first-order valence-electron chi connectivity index (χ1n) is 7.91. The average Bonchev–Trinajstić information content (AvgIpc) is 2.53. The third-order valence-corrected chi connectivity index (χ3v) is 5.36. The van der Waals surface area contributed by atoms with Gasteiger partial charge in [0.2, 0.25) is 0 Å². The van der Waals surface area contributed by atoms with Crippen LogP contribution in [-0.2, 0) is 0 Å². The Morgan fingerprint density at radius 2 is 1.86 bits per heavy atom. The van der Waals surface area contributed by atoms with Crippen molar-refractivity contribution in [3.63, 3.8) is 0 Å². The quantitative estimate of drug-likeness (QED) is 0.707. The molecule has 0 N–H and O–H groups in total. The number of rotatable bonds is 5. The van der Waals surface area contributed by atoms with Gasteiger partial charge in [-0.1, -0.05) is 26.0 Å². The first-order chi connectivity index (χ1) is 10.2. The van der Waals surface area contributed by atoms with E-state index >= 15 is 0 Å². The van der Waals surface area contributed by atoms with E-state index in [0.29, 0.717) is 0 Å². The Labute approximate surface area is 141 Å². The van der Waals surface area contributed by atoms with Crippen LogP contribution in [0.15, 0.2) is 24.3 Å². The zero-order chi connectivity index (χ0) is 15.2. The predicted molar refractivity (Wildman–Crippen MR) is 95.6 cm³/mol. The third-order valence-electron chi connectivity index (χ3n) is 4.42. The molecule has 1 heterocycles. The van der Waals surface area contributed by atoms with E-state index in [9.17, 15) is 4.79 Å². The summed E-state index contributed by atoms with van der Waals surface area (Å²) in [6, 6.07) is 7.87. The maximum Gasteiger partial charge on any atom is 0.254 e. The highest BCUT2D eigenvalue weighted by Gasteiger charge is 2.25. The van der Waals surface area contributed by atoms with Crippen LogP contribution in [0.4, 0.5) is 0 Å². The molecule has 1 saturated heterocycles. The predicted octanol–water partition coefficient (Wildman–Crippen LogP) is 3.49. The monoisotopic (exact) mass is 400 g/mol. The molecule has 2 rings (SSSR count). The highest BCUT2D eigenvalue weighted by molar-refractivity contribution is 14.1. The van der Waals surface area contributed by atoms with Crippen molar-refractivity contribution in [1.29, 1.82) is 0 Å². The molecule has 1 aliphatic rings. The van der Waals surface area contributed by atoms with Gasteiger partial charge in [0.1, 0.15) is 0 Å². The number of hydrogen-bond acceptors (Lipinski definition) is 2. The third kappa shape index (κ3) is 4.42. The van der Waals surface area contributed by atoms with Crippen LogP contribution in [0.3, 0.4) is 0 Å². The summed E-state index contributed by atoms with van der Waals surface area (Å²) in [5.41, 5.74) is 0.847. The zero-order valence-corrected chi connectivity index (χ0v) is 15.2. The van der Waals surface area contributed by atoms with Crippen molar-refractivity contribution in [2.75, 3.05) is 32.7 Å². The number of hydrogen-bond donors (Lipinski definition) is 0. The van der Waals surface area contributed by atoms with Crippen molar-refractivity contribution in [3.05, 3.63) is 33.4 Å². The van der Waals surface area contributed by atoms with E-state index in [-0.39, 0.29) is 5.91 Å². The van der Waals surface area contributed by atoms with Gasteiger partial charge in [0.25, 0.3) is 5.91 Å². The number of likely N-dealkylation sites (tertiary alicyclic amines) is 1. The minimum Gasteiger partial charge on any atom is -0.339 e. The summed E-state index contributed by atoms with van der Waals surface area (Å²) in [7, 11) is 0. The lowest BCUT2D eigenvalue weighted by Crippen LogP contribution is -2.41. The van der Waals surface area contributed by atoms with E-state index in [4.69, 9.17) is 0 Å². The van der Waals surface area contributed by atoms with Gasteiger partial charge in [-0.05, 0) is 66.6 Å². The van der Waals surface area contributed by atoms with Crippen LogP contribution in [0, 0.1) is 9.49 Å². The minimum absolute atomic E-state index is 0.196. The van der Waals surface area contributed by atoms with E-state index in [2.05, 4.69) is 41.3 Å². The van der Waals surface area contributed by atoms with Crippen LogP contribution >= 0.6 is 22.6 Å². The van der Waals surface area contributed by atoms with Gasteiger partial charge in [0.05, 0.1) is 5.56 Å². The first kappa shape index (κ1) is 16.7. The fraction of sp³-hybridized carbons (Fsp3) is 0.588. The fourth-order valence-corrected chi connectivity index (χ4v) is 3.59. The molecule has 0 aliphatic carbocycles. The van der Waals surface area contributed by atoms with Gasteiger partial charge in [-0.2, -0.15) is 0 Å². The smallest absolute Gasteiger partial charge is 0.254 e. The topological polar surface area (TPSA) is 23.6 Å². The second kappa shape index (κ2) is 8.13. The molecule has 116 valence electrons. The summed E-state index contributed by atoms with van der Waals surface area (Å²) in [5.74, 6) is 0.935. The Balaban J connectivity index is 1.89. The summed E-state index contributed by atoms with van der Waals surface area (Å²) in [6.07, 6.45) is 2.26. The van der Waals surface area contributed by atoms with Crippen LogP contribution in [0.1, 0.15) is 37.0 Å². The number of piperidine rings is 1. The Morgan fingerprint density at radius 3 is 2.43 bits per heavy atom. The molecule has 0 unspecified atom stereocenters. The van der Waals surface area contributed by atoms with Crippen LogP contribution in [0.25, 0.3) is 0 Å². The number of amides is 1. The lowest BCUT2D eigenvalue weighted by Gasteiger charge is -2.34. The highest BCUT2D eigenvalue weighted by Crippen LogP contribution is 2.21. The van der Waals surface area contributed by atoms with E-state index < -0.39 is 0 Å². The summed E-state index contributed by atoms with van der Waals surface area (Å²) < 4.78 is 1.05. The largest absolute Gasteiger partial charge is 0.339 e. The van der Waals surface area contributed by atoms with Crippen LogP contribution in [-0.4, -0.2) is 48.4 Å². The van der Waals surface area contributed by atoms with Gasteiger partial charge < -0.3 is 9.80 Å². The normalized spacial score (nSPS) is 16.5. The summed E-state index contributed by atoms with van der Waals surface area (Å²) in [5, 5.41) is 0. The lowest BCUT2D eigenvalue weighted by atomic mass is 9.95. The fourth-order valence-electron chi connectivity index (χ4n) is 2.97. The van der Waals surface area contributed by atoms with Crippen molar-refractivity contribution in [3.8, 4) is 0 Å². The SMILES string of the molecule is CCN(CC)CC1CCN(C(=O)c2ccccc2I)CC1. The number of nitrogens with zero attached hydrogens (tertiary/aromatic N) is 2. The maximum absolute atomic E-state index is 12.6. The minimum atomic E-state index is 0.196. The molecule has 1 amide bonds. The molecule has 0 saturated carbocycles. The van der Waals surface area contributed by atoms with E-state index in [1.165, 1.54) is 6.54 Å². The number of benzene rings is 1. The van der Waals surface area contributed by atoms with Gasteiger partial charge in [-0.15, -0.1) is 0 Å². The Bertz CT molecular complexity index is 466. The zero-order valence-electron chi connectivity index (χ0n) is 13.0. The van der Waals surface area contributed by atoms with E-state index in [1.54, 1.807) is 0 Å². The van der Waals surface area contributed by atoms with Gasteiger partial charge in [-0.25, -0.2) is 0 Å². The van der Waals surface area contributed by atoms with Crippen LogP contribution < -0.4 is 0 Å². The van der Waals surface area contributed by atoms with Gasteiger partial charge in [0, 0.05) is 23.2 Å². The Kier molecular flexibility index (Phi) is 6.48. The van der Waals surface area contributed by atoms with Crippen molar-refractivity contribution < 1.29 is 4.79 Å². The Morgan fingerprint density at radius 1 is 1.24 bits per heavy atom. The van der Waals surface area contributed by atoms with Crippen molar-refractivity contribution in [2.24, 2.45) is 5.92 Å². The summed E-state index contributed by atoms with van der Waals surface area (Å²) >= 11 is 2.25. The number of carbonyl (C=O) groups is 1. The van der Waals surface area contributed by atoms with Crippen LogP contribution in [0.2, 0.25) is 0 Å². The standard InChI is InChI=1S/C17H25IN2O/c1-3-19(4-2)13-14-9-11-20(12-10-14)17(21)15-7-5-6-8-16(15)18/h5-8,14H,3-4,9-13H2,1-2H3. The molecule has 3 nitrogen and oxygen atoms in total. The Hall–Kier alpha value is -0.620. The molecule has 21 heavy (non-hydrogen) atoms. The summed E-state index contributed by atoms with van der Waals surface area (Å²) in [4.78, 5) is 17.1. The molecular weight excluding hydrogens is 375 g/mol. The first-order valence-corrected chi connectivity index (χ1v) is 8.99. The van der Waals surface area contributed by atoms with Crippen LogP contribution in [0.5, 0.6) is 0 Å². The lowest BCUT2D eigenvalue weighted by molar-refractivity contribution is 0.0668. The highest BCUT2D eigenvalue weighted by atomic mass is 127. The molecule has 1 aromatic carbocycles. The molecule has 1 aliphatic heterocycles. The molecule has 1 fully saturated rings. The van der Waals surface area contributed by atoms with Crippen molar-refractivity contribution in [2.45, 2.75) is 26.7 Å². The van der Waals surface area contributed by atoms with Crippen molar-refractivity contribution in [1.82, 2.24) is 9.80 Å². The average molecular weight is 400 g/mol. The molecular formula is C17H25IN2O. The molecule has 0 radical (unpaired) electrons. The molecule has 1 aromatic rings. The molecule has 0 bridgehead atoms. The number of halogens is 1. The van der Waals surface area contributed by atoms with E-state index in [0.717, 1.165) is 54.1 Å². The second-order valence-electron chi connectivity index (χ2n) is 5.70. The van der Waals surface area contributed by atoms with Gasteiger partial charge in [0.15, 0.2) is 0 Å². The number of carbonyl (C=O) groups excluding carboxylic acids is 1. The molecule has 0 aromatic heterocycles. The summed E-state index contributed by atoms with van der Waals surface area (Å²) in [6.45, 7) is 9.66. The molecule has 4 heteroatoms. The van der Waals surface area contributed by atoms with E-state index in [1.807, 2.05) is 29.2 Å². The van der Waals surface area contributed by atoms with Gasteiger partial charge in [-0.3, -0.25) is 4.79 Å².